The number of fused-ring (bicyclic) bond motifs is 1. The second-order valence-corrected chi connectivity index (χ2v) is 5.13. The van der Waals surface area contributed by atoms with Crippen LogP contribution in [0.1, 0.15) is 13.3 Å². The van der Waals surface area contributed by atoms with Crippen molar-refractivity contribution >= 4 is 10.9 Å². The summed E-state index contributed by atoms with van der Waals surface area (Å²) in [6.07, 6.45) is 2.92. The molecular formula is C18H17NO2. The van der Waals surface area contributed by atoms with Gasteiger partial charge in [-0.1, -0.05) is 31.2 Å². The van der Waals surface area contributed by atoms with Gasteiger partial charge in [0.15, 0.2) is 5.43 Å². The van der Waals surface area contributed by atoms with Crippen LogP contribution >= 0.6 is 0 Å². The summed E-state index contributed by atoms with van der Waals surface area (Å²) in [6, 6.07) is 14.5. The first-order chi connectivity index (χ1) is 10.2. The summed E-state index contributed by atoms with van der Waals surface area (Å²) in [5, 5.41) is 10.1. The fourth-order valence-electron chi connectivity index (χ4n) is 2.62. The molecule has 0 saturated carbocycles. The van der Waals surface area contributed by atoms with Gasteiger partial charge in [-0.2, -0.15) is 0 Å². The van der Waals surface area contributed by atoms with E-state index < -0.39 is 0 Å². The van der Waals surface area contributed by atoms with Gasteiger partial charge in [0.1, 0.15) is 5.75 Å². The predicted molar refractivity (Wildman–Crippen MR) is 85.6 cm³/mol. The molecule has 0 aliphatic carbocycles. The summed E-state index contributed by atoms with van der Waals surface area (Å²) in [6.45, 7) is 2.99. The molecule has 0 saturated heterocycles. The third kappa shape index (κ3) is 2.42. The molecule has 0 bridgehead atoms. The maximum atomic E-state index is 12.7. The van der Waals surface area contributed by atoms with Crippen LogP contribution in [0.25, 0.3) is 22.0 Å². The standard InChI is InChI=1S/C18H17NO2/c1-2-11-19-12-16(13-7-9-14(20)10-8-13)18(21)15-5-3-4-6-17(15)19/h3-10,12,20H,2,11H2,1H3. The molecule has 106 valence electrons. The van der Waals surface area contributed by atoms with Gasteiger partial charge >= 0.3 is 0 Å². The Morgan fingerprint density at radius 3 is 2.48 bits per heavy atom. The summed E-state index contributed by atoms with van der Waals surface area (Å²) >= 11 is 0. The molecule has 3 nitrogen and oxygen atoms in total. The molecule has 21 heavy (non-hydrogen) atoms. The summed E-state index contributed by atoms with van der Waals surface area (Å²) in [4.78, 5) is 12.7. The Bertz CT molecular complexity index is 832. The van der Waals surface area contributed by atoms with Crippen LogP contribution in [0.2, 0.25) is 0 Å². The highest BCUT2D eigenvalue weighted by molar-refractivity contribution is 5.84. The normalized spacial score (nSPS) is 10.9. The third-order valence-electron chi connectivity index (χ3n) is 3.63. The van der Waals surface area contributed by atoms with E-state index in [1.54, 1.807) is 24.3 Å². The maximum absolute atomic E-state index is 12.7. The van der Waals surface area contributed by atoms with Crippen molar-refractivity contribution in [2.24, 2.45) is 0 Å². The summed E-state index contributed by atoms with van der Waals surface area (Å²) in [7, 11) is 0. The number of phenolic OH excluding ortho intramolecular Hbond substituents is 1. The number of rotatable bonds is 3. The van der Waals surface area contributed by atoms with Gasteiger partial charge in [-0.3, -0.25) is 4.79 Å². The number of hydrogen-bond donors (Lipinski definition) is 1. The van der Waals surface area contributed by atoms with Crippen LogP contribution in [0.5, 0.6) is 5.75 Å². The average molecular weight is 279 g/mol. The number of nitrogens with zero attached hydrogens (tertiary/aromatic N) is 1. The highest BCUT2D eigenvalue weighted by atomic mass is 16.3. The number of hydrogen-bond acceptors (Lipinski definition) is 2. The molecule has 0 fully saturated rings. The first kappa shape index (κ1) is 13.4. The minimum atomic E-state index is 0.0312. The van der Waals surface area contributed by atoms with Crippen molar-refractivity contribution in [2.45, 2.75) is 19.9 Å². The van der Waals surface area contributed by atoms with Crippen molar-refractivity contribution in [2.75, 3.05) is 0 Å². The van der Waals surface area contributed by atoms with Crippen LogP contribution in [-0.2, 0) is 6.54 Å². The van der Waals surface area contributed by atoms with Gasteiger partial charge in [0.05, 0.1) is 5.52 Å². The number of aromatic hydroxyl groups is 1. The molecule has 3 aromatic rings. The third-order valence-corrected chi connectivity index (χ3v) is 3.63. The van der Waals surface area contributed by atoms with E-state index in [0.29, 0.717) is 5.56 Å². The number of phenols is 1. The smallest absolute Gasteiger partial charge is 0.197 e. The van der Waals surface area contributed by atoms with E-state index >= 15 is 0 Å². The molecular weight excluding hydrogens is 262 g/mol. The molecule has 3 heteroatoms. The first-order valence-corrected chi connectivity index (χ1v) is 7.12. The highest BCUT2D eigenvalue weighted by Crippen LogP contribution is 2.22. The van der Waals surface area contributed by atoms with Crippen molar-refractivity contribution in [3.8, 4) is 16.9 Å². The second kappa shape index (κ2) is 5.44. The van der Waals surface area contributed by atoms with Crippen LogP contribution in [0.15, 0.2) is 59.5 Å². The quantitative estimate of drug-likeness (QED) is 0.792. The molecule has 1 heterocycles. The Hall–Kier alpha value is -2.55. The lowest BCUT2D eigenvalue weighted by molar-refractivity contribution is 0.475. The molecule has 0 amide bonds. The van der Waals surface area contributed by atoms with Gasteiger partial charge in [-0.15, -0.1) is 0 Å². The zero-order valence-electron chi connectivity index (χ0n) is 11.9. The molecule has 3 rings (SSSR count). The van der Waals surface area contributed by atoms with Crippen LogP contribution in [0.3, 0.4) is 0 Å². The summed E-state index contributed by atoms with van der Waals surface area (Å²) < 4.78 is 2.12. The molecule has 1 aromatic heterocycles. The molecule has 0 radical (unpaired) electrons. The lowest BCUT2D eigenvalue weighted by Gasteiger charge is -2.12. The highest BCUT2D eigenvalue weighted by Gasteiger charge is 2.10. The summed E-state index contributed by atoms with van der Waals surface area (Å²) in [5.41, 5.74) is 2.49. The molecule has 0 atom stereocenters. The lowest BCUT2D eigenvalue weighted by atomic mass is 10.0. The van der Waals surface area contributed by atoms with Gasteiger partial charge < -0.3 is 9.67 Å². The van der Waals surface area contributed by atoms with Crippen molar-refractivity contribution in [3.63, 3.8) is 0 Å². The number of aryl methyl sites for hydroxylation is 1. The van der Waals surface area contributed by atoms with E-state index in [2.05, 4.69) is 11.5 Å². The molecule has 2 aromatic carbocycles. The topological polar surface area (TPSA) is 42.2 Å². The number of aromatic nitrogens is 1. The van der Waals surface area contributed by atoms with Crippen LogP contribution in [-0.4, -0.2) is 9.67 Å². The molecule has 1 N–H and O–H groups in total. The number of benzene rings is 2. The second-order valence-electron chi connectivity index (χ2n) is 5.13. The van der Waals surface area contributed by atoms with E-state index in [9.17, 15) is 9.90 Å². The van der Waals surface area contributed by atoms with E-state index in [4.69, 9.17) is 0 Å². The monoisotopic (exact) mass is 279 g/mol. The zero-order valence-corrected chi connectivity index (χ0v) is 11.9. The van der Waals surface area contributed by atoms with Crippen LogP contribution in [0.4, 0.5) is 0 Å². The Kier molecular flexibility index (Phi) is 3.48. The van der Waals surface area contributed by atoms with E-state index in [0.717, 1.165) is 29.4 Å². The first-order valence-electron chi connectivity index (χ1n) is 7.12. The zero-order chi connectivity index (χ0) is 14.8. The minimum Gasteiger partial charge on any atom is -0.508 e. The fraction of sp³-hybridized carbons (Fsp3) is 0.167. The van der Waals surface area contributed by atoms with Crippen LogP contribution < -0.4 is 5.43 Å². The van der Waals surface area contributed by atoms with Gasteiger partial charge in [-0.25, -0.2) is 0 Å². The number of para-hydroxylation sites is 1. The Labute approximate surface area is 123 Å². The van der Waals surface area contributed by atoms with Gasteiger partial charge in [0.25, 0.3) is 0 Å². The van der Waals surface area contributed by atoms with Gasteiger partial charge in [0, 0.05) is 23.7 Å². The Balaban J connectivity index is 2.30. The van der Waals surface area contributed by atoms with Crippen LogP contribution in [0, 0.1) is 0 Å². The van der Waals surface area contributed by atoms with Gasteiger partial charge in [0.2, 0.25) is 0 Å². The molecule has 0 aliphatic rings. The van der Waals surface area contributed by atoms with E-state index in [-0.39, 0.29) is 11.2 Å². The Morgan fingerprint density at radius 1 is 1.05 bits per heavy atom. The van der Waals surface area contributed by atoms with Crippen molar-refractivity contribution in [1.29, 1.82) is 0 Å². The van der Waals surface area contributed by atoms with E-state index in [1.165, 1.54) is 0 Å². The predicted octanol–water partition coefficient (Wildman–Crippen LogP) is 3.78. The molecule has 0 spiro atoms. The van der Waals surface area contributed by atoms with Crippen molar-refractivity contribution < 1.29 is 5.11 Å². The lowest BCUT2D eigenvalue weighted by Crippen LogP contribution is -2.12. The number of pyridine rings is 1. The Morgan fingerprint density at radius 2 is 1.76 bits per heavy atom. The van der Waals surface area contributed by atoms with Crippen molar-refractivity contribution in [3.05, 3.63) is 65.0 Å². The average Bonchev–Trinajstić information content (AvgIpc) is 2.51. The largest absolute Gasteiger partial charge is 0.508 e. The SMILES string of the molecule is CCCn1cc(-c2ccc(O)cc2)c(=O)c2ccccc21. The molecule has 0 unspecified atom stereocenters. The fourth-order valence-corrected chi connectivity index (χ4v) is 2.62. The maximum Gasteiger partial charge on any atom is 0.197 e. The van der Waals surface area contributed by atoms with E-state index in [1.807, 2.05) is 30.5 Å². The summed E-state index contributed by atoms with van der Waals surface area (Å²) in [5.74, 6) is 0.202. The van der Waals surface area contributed by atoms with Gasteiger partial charge in [-0.05, 0) is 36.2 Å². The minimum absolute atomic E-state index is 0.0312. The molecule has 0 aliphatic heterocycles. The van der Waals surface area contributed by atoms with Crippen molar-refractivity contribution in [1.82, 2.24) is 4.57 Å².